The van der Waals surface area contributed by atoms with E-state index in [4.69, 9.17) is 4.74 Å². The fraction of sp³-hybridized carbons (Fsp3) is 0.143. The lowest BCUT2D eigenvalue weighted by molar-refractivity contribution is 0.0603. The second-order valence-corrected chi connectivity index (χ2v) is 5.13. The van der Waals surface area contributed by atoms with Gasteiger partial charge in [0.2, 0.25) is 0 Å². The number of esters is 1. The highest BCUT2D eigenvalue weighted by Crippen LogP contribution is 2.35. The van der Waals surface area contributed by atoms with Gasteiger partial charge in [-0.05, 0) is 19.1 Å². The zero-order chi connectivity index (χ0) is 12.7. The van der Waals surface area contributed by atoms with Crippen molar-refractivity contribution in [1.82, 2.24) is 4.98 Å². The quantitative estimate of drug-likeness (QED) is 0.626. The number of nitrogens with zero attached hydrogens (tertiary/aromatic N) is 1. The van der Waals surface area contributed by atoms with Gasteiger partial charge < -0.3 is 4.74 Å². The third kappa shape index (κ3) is 1.57. The lowest BCUT2D eigenvalue weighted by Crippen LogP contribution is -2.02. The lowest BCUT2D eigenvalue weighted by Gasteiger charge is -2.02. The monoisotopic (exact) mass is 257 g/mol. The van der Waals surface area contributed by atoms with E-state index in [2.05, 4.69) is 4.98 Å². The Morgan fingerprint density at radius 2 is 2.11 bits per heavy atom. The highest BCUT2D eigenvalue weighted by molar-refractivity contribution is 7.26. The number of thiophene rings is 1. The molecule has 0 amide bonds. The van der Waals surface area contributed by atoms with Crippen molar-refractivity contribution in [2.75, 3.05) is 7.11 Å². The molecule has 3 nitrogen and oxygen atoms in total. The van der Waals surface area contributed by atoms with Crippen molar-refractivity contribution in [3.05, 3.63) is 41.6 Å². The number of aromatic nitrogens is 1. The number of ether oxygens (including phenoxy) is 1. The first kappa shape index (κ1) is 11.2. The van der Waals surface area contributed by atoms with Gasteiger partial charge >= 0.3 is 5.97 Å². The normalized spacial score (nSPS) is 11.0. The molecule has 2 aromatic heterocycles. The van der Waals surface area contributed by atoms with Gasteiger partial charge in [-0.25, -0.2) is 4.79 Å². The smallest absolute Gasteiger partial charge is 0.339 e. The molecule has 3 aromatic rings. The molecular weight excluding hydrogens is 246 g/mol. The van der Waals surface area contributed by atoms with Crippen LogP contribution in [0.5, 0.6) is 0 Å². The molecule has 0 aliphatic rings. The lowest BCUT2D eigenvalue weighted by atomic mass is 10.1. The molecule has 0 bridgehead atoms. The summed E-state index contributed by atoms with van der Waals surface area (Å²) in [7, 11) is 1.40. The maximum Gasteiger partial charge on any atom is 0.339 e. The van der Waals surface area contributed by atoms with Crippen LogP contribution in [0.15, 0.2) is 30.3 Å². The van der Waals surface area contributed by atoms with Crippen LogP contribution in [-0.4, -0.2) is 18.1 Å². The number of aryl methyl sites for hydroxylation is 1. The number of rotatable bonds is 1. The van der Waals surface area contributed by atoms with E-state index < -0.39 is 0 Å². The number of carbonyl (C=O) groups excluding carboxylic acids is 1. The SMILES string of the molecule is COC(=O)c1cc(C)nc2c1sc1ccccc12. The van der Waals surface area contributed by atoms with E-state index in [1.807, 2.05) is 31.2 Å². The van der Waals surface area contributed by atoms with E-state index in [0.29, 0.717) is 5.56 Å². The number of fused-ring (bicyclic) bond motifs is 3. The van der Waals surface area contributed by atoms with Crippen LogP contribution in [0.4, 0.5) is 0 Å². The molecular formula is C14H11NO2S. The molecule has 3 rings (SSSR count). The average Bonchev–Trinajstić information content (AvgIpc) is 2.75. The van der Waals surface area contributed by atoms with Gasteiger partial charge in [-0.1, -0.05) is 18.2 Å². The van der Waals surface area contributed by atoms with Gasteiger partial charge in [-0.2, -0.15) is 0 Å². The maximum atomic E-state index is 11.8. The Morgan fingerprint density at radius 3 is 2.89 bits per heavy atom. The Balaban J connectivity index is 2.47. The van der Waals surface area contributed by atoms with Crippen LogP contribution in [-0.2, 0) is 4.74 Å². The first-order valence-corrected chi connectivity index (χ1v) is 6.39. The molecule has 0 atom stereocenters. The van der Waals surface area contributed by atoms with Crippen LogP contribution in [0.2, 0.25) is 0 Å². The Kier molecular flexibility index (Phi) is 2.52. The second-order valence-electron chi connectivity index (χ2n) is 4.08. The third-order valence-corrected chi connectivity index (χ3v) is 4.05. The predicted molar refractivity (Wildman–Crippen MR) is 73.2 cm³/mol. The standard InChI is InChI=1S/C14H11NO2S/c1-8-7-10(14(16)17-2)13-12(15-8)9-5-3-4-6-11(9)18-13/h3-7H,1-2H3. The average molecular weight is 257 g/mol. The Hall–Kier alpha value is -1.94. The number of hydrogen-bond donors (Lipinski definition) is 0. The molecule has 0 fully saturated rings. The second kappa shape index (κ2) is 4.07. The Morgan fingerprint density at radius 1 is 1.33 bits per heavy atom. The molecule has 0 saturated carbocycles. The van der Waals surface area contributed by atoms with Crippen LogP contribution in [0, 0.1) is 6.92 Å². The van der Waals surface area contributed by atoms with Gasteiger partial charge in [0.1, 0.15) is 0 Å². The van der Waals surface area contributed by atoms with Crippen LogP contribution in [0.1, 0.15) is 16.1 Å². The van der Waals surface area contributed by atoms with Gasteiger partial charge in [0.05, 0.1) is 22.9 Å². The molecule has 0 saturated heterocycles. The fourth-order valence-electron chi connectivity index (χ4n) is 2.07. The van der Waals surface area contributed by atoms with Crippen LogP contribution in [0.3, 0.4) is 0 Å². The number of pyridine rings is 1. The van der Waals surface area contributed by atoms with Gasteiger partial charge in [0.15, 0.2) is 0 Å². The first-order valence-electron chi connectivity index (χ1n) is 5.58. The minimum Gasteiger partial charge on any atom is -0.465 e. The van der Waals surface area contributed by atoms with Crippen molar-refractivity contribution in [3.63, 3.8) is 0 Å². The van der Waals surface area contributed by atoms with Crippen LogP contribution >= 0.6 is 11.3 Å². The third-order valence-electron chi connectivity index (χ3n) is 2.86. The van der Waals surface area contributed by atoms with Crippen molar-refractivity contribution in [2.24, 2.45) is 0 Å². The zero-order valence-electron chi connectivity index (χ0n) is 10.1. The van der Waals surface area contributed by atoms with E-state index in [9.17, 15) is 4.79 Å². The highest BCUT2D eigenvalue weighted by atomic mass is 32.1. The summed E-state index contributed by atoms with van der Waals surface area (Å²) in [5.74, 6) is -0.308. The summed E-state index contributed by atoms with van der Waals surface area (Å²) in [5.41, 5.74) is 2.31. The summed E-state index contributed by atoms with van der Waals surface area (Å²) in [4.78, 5) is 16.4. The van der Waals surface area contributed by atoms with E-state index in [-0.39, 0.29) is 5.97 Å². The zero-order valence-corrected chi connectivity index (χ0v) is 10.9. The summed E-state index contributed by atoms with van der Waals surface area (Å²) in [5, 5.41) is 1.09. The summed E-state index contributed by atoms with van der Waals surface area (Å²) >= 11 is 1.58. The summed E-state index contributed by atoms with van der Waals surface area (Å²) < 4.78 is 6.87. The van der Waals surface area contributed by atoms with Gasteiger partial charge in [0, 0.05) is 15.8 Å². The Bertz CT molecular complexity index is 761. The van der Waals surface area contributed by atoms with E-state index in [1.165, 1.54) is 7.11 Å². The molecule has 0 spiro atoms. The number of methoxy groups -OCH3 is 1. The molecule has 2 heterocycles. The first-order chi connectivity index (χ1) is 8.70. The van der Waals surface area contributed by atoms with Gasteiger partial charge in [0.25, 0.3) is 0 Å². The molecule has 0 aliphatic heterocycles. The fourth-order valence-corrected chi connectivity index (χ4v) is 3.22. The minimum absolute atomic E-state index is 0.308. The number of hydrogen-bond acceptors (Lipinski definition) is 4. The number of benzene rings is 1. The van der Waals surface area contributed by atoms with E-state index in [0.717, 1.165) is 26.0 Å². The van der Waals surface area contributed by atoms with Crippen molar-refractivity contribution in [1.29, 1.82) is 0 Å². The Labute approximate surface area is 108 Å². The number of carbonyl (C=O) groups is 1. The molecule has 0 unspecified atom stereocenters. The predicted octanol–water partition coefficient (Wildman–Crippen LogP) is 3.54. The van der Waals surface area contributed by atoms with E-state index >= 15 is 0 Å². The molecule has 0 radical (unpaired) electrons. The van der Waals surface area contributed by atoms with E-state index in [1.54, 1.807) is 17.4 Å². The topological polar surface area (TPSA) is 39.2 Å². The minimum atomic E-state index is -0.308. The molecule has 90 valence electrons. The molecule has 0 aliphatic carbocycles. The van der Waals surface area contributed by atoms with Crippen molar-refractivity contribution in [2.45, 2.75) is 6.92 Å². The van der Waals surface area contributed by atoms with Crippen LogP contribution < -0.4 is 0 Å². The molecule has 4 heteroatoms. The molecule has 18 heavy (non-hydrogen) atoms. The van der Waals surface area contributed by atoms with Crippen molar-refractivity contribution >= 4 is 37.6 Å². The maximum absolute atomic E-state index is 11.8. The van der Waals surface area contributed by atoms with Crippen LogP contribution in [0.25, 0.3) is 20.3 Å². The molecule has 1 aromatic carbocycles. The van der Waals surface area contributed by atoms with Crippen molar-refractivity contribution in [3.8, 4) is 0 Å². The highest BCUT2D eigenvalue weighted by Gasteiger charge is 2.16. The van der Waals surface area contributed by atoms with Gasteiger partial charge in [-0.15, -0.1) is 11.3 Å². The summed E-state index contributed by atoms with van der Waals surface area (Å²) in [6.45, 7) is 1.89. The summed E-state index contributed by atoms with van der Waals surface area (Å²) in [6, 6.07) is 9.82. The largest absolute Gasteiger partial charge is 0.465 e. The van der Waals surface area contributed by atoms with Crippen molar-refractivity contribution < 1.29 is 9.53 Å². The van der Waals surface area contributed by atoms with Gasteiger partial charge in [-0.3, -0.25) is 4.98 Å². The summed E-state index contributed by atoms with van der Waals surface area (Å²) in [6.07, 6.45) is 0. The molecule has 0 N–H and O–H groups in total.